The molecular weight excluding hydrogens is 470 g/mol. The summed E-state index contributed by atoms with van der Waals surface area (Å²) in [5, 5.41) is 3.58. The highest BCUT2D eigenvalue weighted by Crippen LogP contribution is 2.30. The van der Waals surface area contributed by atoms with Crippen molar-refractivity contribution in [2.75, 3.05) is 18.5 Å². The molecule has 0 spiro atoms. The van der Waals surface area contributed by atoms with Gasteiger partial charge in [0.2, 0.25) is 0 Å². The highest BCUT2D eigenvalue weighted by Gasteiger charge is 2.13. The molecule has 0 atom stereocenters. The number of anilines is 1. The van der Waals surface area contributed by atoms with E-state index in [-0.39, 0.29) is 11.9 Å². The zero-order chi connectivity index (χ0) is 24.3. The van der Waals surface area contributed by atoms with Gasteiger partial charge < -0.3 is 14.8 Å². The average Bonchev–Trinajstić information content (AvgIpc) is 2.85. The van der Waals surface area contributed by atoms with Crippen molar-refractivity contribution < 1.29 is 19.1 Å². The SMILES string of the molecule is CCCCOC(=O)c1ccc(NC(=O)c2ccc(OCC)c(CSc3ccc(Cl)cc3)c2)cc1. The summed E-state index contributed by atoms with van der Waals surface area (Å²) < 4.78 is 11.0. The number of unbranched alkanes of at least 4 members (excludes halogenated alkanes) is 1. The maximum absolute atomic E-state index is 12.9. The predicted octanol–water partition coefficient (Wildman–Crippen LogP) is 7.24. The number of halogens is 1. The molecule has 7 heteroatoms. The van der Waals surface area contributed by atoms with Gasteiger partial charge in [-0.1, -0.05) is 24.9 Å². The molecule has 3 aromatic carbocycles. The Labute approximate surface area is 209 Å². The van der Waals surface area contributed by atoms with E-state index in [0.717, 1.165) is 29.1 Å². The largest absolute Gasteiger partial charge is 0.494 e. The molecule has 0 radical (unpaired) electrons. The summed E-state index contributed by atoms with van der Waals surface area (Å²) in [6, 6.07) is 19.7. The van der Waals surface area contributed by atoms with Crippen LogP contribution in [0.4, 0.5) is 5.69 Å². The predicted molar refractivity (Wildman–Crippen MR) is 138 cm³/mol. The van der Waals surface area contributed by atoms with Crippen molar-refractivity contribution in [2.45, 2.75) is 37.3 Å². The first-order chi connectivity index (χ1) is 16.5. The second kappa shape index (κ2) is 13.1. The molecule has 0 aliphatic heterocycles. The van der Waals surface area contributed by atoms with Crippen LogP contribution in [0, 0.1) is 0 Å². The van der Waals surface area contributed by atoms with Crippen LogP contribution in [-0.4, -0.2) is 25.1 Å². The van der Waals surface area contributed by atoms with E-state index in [1.165, 1.54) is 0 Å². The van der Waals surface area contributed by atoms with Crippen LogP contribution in [0.2, 0.25) is 5.02 Å². The van der Waals surface area contributed by atoms with Gasteiger partial charge in [-0.2, -0.15) is 0 Å². The van der Waals surface area contributed by atoms with Crippen LogP contribution in [0.15, 0.2) is 71.6 Å². The number of rotatable bonds is 11. The number of benzene rings is 3. The van der Waals surface area contributed by atoms with Crippen molar-refractivity contribution in [3.05, 3.63) is 88.4 Å². The molecule has 0 aromatic heterocycles. The fourth-order valence-electron chi connectivity index (χ4n) is 3.11. The van der Waals surface area contributed by atoms with Gasteiger partial charge in [-0.15, -0.1) is 11.8 Å². The lowest BCUT2D eigenvalue weighted by atomic mass is 10.1. The Morgan fingerprint density at radius 3 is 2.32 bits per heavy atom. The van der Waals surface area contributed by atoms with Crippen LogP contribution >= 0.6 is 23.4 Å². The molecular formula is C27H28ClNO4S. The van der Waals surface area contributed by atoms with Gasteiger partial charge >= 0.3 is 5.97 Å². The second-order valence-electron chi connectivity index (χ2n) is 7.52. The van der Waals surface area contributed by atoms with Gasteiger partial charge in [0, 0.05) is 32.5 Å². The Morgan fingerprint density at radius 1 is 0.941 bits per heavy atom. The molecule has 0 fully saturated rings. The monoisotopic (exact) mass is 497 g/mol. The fourth-order valence-corrected chi connectivity index (χ4v) is 4.11. The van der Waals surface area contributed by atoms with E-state index in [9.17, 15) is 9.59 Å². The maximum atomic E-state index is 12.9. The van der Waals surface area contributed by atoms with E-state index in [1.807, 2.05) is 50.2 Å². The molecule has 0 saturated carbocycles. The van der Waals surface area contributed by atoms with E-state index in [0.29, 0.717) is 40.8 Å². The third-order valence-corrected chi connectivity index (χ3v) is 6.25. The van der Waals surface area contributed by atoms with Crippen molar-refractivity contribution >= 4 is 40.9 Å². The Hall–Kier alpha value is -2.96. The van der Waals surface area contributed by atoms with Gasteiger partial charge in [0.15, 0.2) is 0 Å². The smallest absolute Gasteiger partial charge is 0.338 e. The van der Waals surface area contributed by atoms with Gasteiger partial charge in [-0.25, -0.2) is 4.79 Å². The number of carbonyl (C=O) groups is 2. The molecule has 0 saturated heterocycles. The summed E-state index contributed by atoms with van der Waals surface area (Å²) >= 11 is 7.61. The summed E-state index contributed by atoms with van der Waals surface area (Å²) in [6.07, 6.45) is 1.80. The molecule has 1 N–H and O–H groups in total. The van der Waals surface area contributed by atoms with Gasteiger partial charge in [0.05, 0.1) is 18.8 Å². The van der Waals surface area contributed by atoms with E-state index in [1.54, 1.807) is 42.1 Å². The normalized spacial score (nSPS) is 10.6. The van der Waals surface area contributed by atoms with E-state index >= 15 is 0 Å². The minimum Gasteiger partial charge on any atom is -0.494 e. The van der Waals surface area contributed by atoms with Crippen molar-refractivity contribution in [1.82, 2.24) is 0 Å². The molecule has 5 nitrogen and oxygen atoms in total. The Morgan fingerprint density at radius 2 is 1.65 bits per heavy atom. The zero-order valence-electron chi connectivity index (χ0n) is 19.3. The number of hydrogen-bond donors (Lipinski definition) is 1. The lowest BCUT2D eigenvalue weighted by molar-refractivity contribution is 0.0499. The summed E-state index contributed by atoms with van der Waals surface area (Å²) in [6.45, 7) is 4.92. The van der Waals surface area contributed by atoms with Crippen LogP contribution < -0.4 is 10.1 Å². The van der Waals surface area contributed by atoms with Crippen LogP contribution in [0.1, 0.15) is 53.0 Å². The number of hydrogen-bond acceptors (Lipinski definition) is 5. The summed E-state index contributed by atoms with van der Waals surface area (Å²) in [7, 11) is 0. The number of ether oxygens (including phenoxy) is 2. The van der Waals surface area contributed by atoms with Gasteiger partial charge in [0.25, 0.3) is 5.91 Å². The van der Waals surface area contributed by atoms with Gasteiger partial charge in [-0.3, -0.25) is 4.79 Å². The number of esters is 1. The maximum Gasteiger partial charge on any atom is 0.338 e. The minimum absolute atomic E-state index is 0.237. The van der Waals surface area contributed by atoms with Crippen molar-refractivity contribution in [2.24, 2.45) is 0 Å². The first-order valence-electron chi connectivity index (χ1n) is 11.2. The quantitative estimate of drug-likeness (QED) is 0.172. The molecule has 1 amide bonds. The highest BCUT2D eigenvalue weighted by atomic mass is 35.5. The van der Waals surface area contributed by atoms with Crippen LogP contribution in [0.25, 0.3) is 0 Å². The van der Waals surface area contributed by atoms with E-state index in [4.69, 9.17) is 21.1 Å². The Kier molecular flexibility index (Phi) is 9.86. The third-order valence-electron chi connectivity index (χ3n) is 4.94. The lowest BCUT2D eigenvalue weighted by Gasteiger charge is -2.13. The summed E-state index contributed by atoms with van der Waals surface area (Å²) in [5.41, 5.74) is 2.51. The molecule has 0 aliphatic rings. The van der Waals surface area contributed by atoms with E-state index < -0.39 is 0 Å². The van der Waals surface area contributed by atoms with Crippen molar-refractivity contribution in [3.63, 3.8) is 0 Å². The second-order valence-corrected chi connectivity index (χ2v) is 9.00. The molecule has 178 valence electrons. The molecule has 0 aliphatic carbocycles. The Balaban J connectivity index is 1.67. The van der Waals surface area contributed by atoms with Crippen molar-refractivity contribution in [3.8, 4) is 5.75 Å². The third kappa shape index (κ3) is 7.54. The molecule has 34 heavy (non-hydrogen) atoms. The van der Waals surface area contributed by atoms with Crippen LogP contribution in [0.3, 0.4) is 0 Å². The fraction of sp³-hybridized carbons (Fsp3) is 0.259. The van der Waals surface area contributed by atoms with Crippen LogP contribution in [0.5, 0.6) is 5.75 Å². The number of carbonyl (C=O) groups excluding carboxylic acids is 2. The topological polar surface area (TPSA) is 64.6 Å². The van der Waals surface area contributed by atoms with Gasteiger partial charge in [0.1, 0.15) is 5.75 Å². The lowest BCUT2D eigenvalue weighted by Crippen LogP contribution is -2.13. The van der Waals surface area contributed by atoms with Crippen LogP contribution in [-0.2, 0) is 10.5 Å². The molecule has 0 unspecified atom stereocenters. The summed E-state index contributed by atoms with van der Waals surface area (Å²) in [4.78, 5) is 26.0. The first kappa shape index (κ1) is 25.7. The number of amides is 1. The van der Waals surface area contributed by atoms with E-state index in [2.05, 4.69) is 5.32 Å². The molecule has 3 aromatic rings. The van der Waals surface area contributed by atoms with Crippen molar-refractivity contribution in [1.29, 1.82) is 0 Å². The molecule has 0 bridgehead atoms. The zero-order valence-corrected chi connectivity index (χ0v) is 20.9. The standard InChI is InChI=1S/C27H28ClNO4S/c1-3-5-16-33-27(31)19-6-11-23(12-7-19)29-26(30)20-8-15-25(32-4-2)21(17-20)18-34-24-13-9-22(28)10-14-24/h6-15,17H,3-5,16,18H2,1-2H3,(H,29,30). The van der Waals surface area contributed by atoms with Gasteiger partial charge in [-0.05, 0) is 80.1 Å². The molecule has 3 rings (SSSR count). The number of nitrogens with one attached hydrogen (secondary N) is 1. The minimum atomic E-state index is -0.360. The highest BCUT2D eigenvalue weighted by molar-refractivity contribution is 7.98. The average molecular weight is 498 g/mol. The summed E-state index contributed by atoms with van der Waals surface area (Å²) in [5.74, 6) is 0.804. The number of thioether (sulfide) groups is 1. The molecule has 0 heterocycles. The first-order valence-corrected chi connectivity index (χ1v) is 12.6. The Bertz CT molecular complexity index is 1100.